The van der Waals surface area contributed by atoms with Crippen molar-refractivity contribution in [3.05, 3.63) is 0 Å². The third-order valence-corrected chi connectivity index (χ3v) is 7.11. The predicted octanol–water partition coefficient (Wildman–Crippen LogP) is 0.517. The van der Waals surface area contributed by atoms with Crippen LogP contribution in [-0.2, 0) is 20.0 Å². The van der Waals surface area contributed by atoms with Crippen molar-refractivity contribution in [1.29, 1.82) is 0 Å². The van der Waals surface area contributed by atoms with Gasteiger partial charge in [-0.2, -0.15) is 4.31 Å². The summed E-state index contributed by atoms with van der Waals surface area (Å²) < 4.78 is 51.8. The first-order valence-corrected chi connectivity index (χ1v) is 10.6. The molecule has 2 fully saturated rings. The molecule has 2 aliphatic heterocycles. The van der Waals surface area contributed by atoms with E-state index in [-0.39, 0.29) is 29.8 Å². The molecule has 0 radical (unpaired) electrons. The van der Waals surface area contributed by atoms with Crippen LogP contribution in [0.1, 0.15) is 39.5 Å². The molecule has 20 heavy (non-hydrogen) atoms. The third-order valence-electron chi connectivity index (χ3n) is 3.95. The van der Waals surface area contributed by atoms with Gasteiger partial charge in [0.2, 0.25) is 20.0 Å². The first-order valence-electron chi connectivity index (χ1n) is 7.07. The average molecular weight is 324 g/mol. The summed E-state index contributed by atoms with van der Waals surface area (Å²) in [4.78, 5) is 0. The highest BCUT2D eigenvalue weighted by Crippen LogP contribution is 2.37. The van der Waals surface area contributed by atoms with Crippen molar-refractivity contribution >= 4 is 20.0 Å². The lowest BCUT2D eigenvalue weighted by atomic mass is 10.0. The summed E-state index contributed by atoms with van der Waals surface area (Å²) >= 11 is 0. The molecule has 0 aromatic heterocycles. The van der Waals surface area contributed by atoms with Crippen LogP contribution in [0.4, 0.5) is 0 Å². The Kier molecular flexibility index (Phi) is 4.49. The quantitative estimate of drug-likeness (QED) is 0.799. The Hall–Kier alpha value is -0.180. The van der Waals surface area contributed by atoms with Crippen LogP contribution in [-0.4, -0.2) is 51.3 Å². The van der Waals surface area contributed by atoms with E-state index in [1.165, 1.54) is 6.26 Å². The molecule has 0 aromatic rings. The van der Waals surface area contributed by atoms with E-state index in [0.717, 1.165) is 12.8 Å². The zero-order valence-corrected chi connectivity index (χ0v) is 13.9. The van der Waals surface area contributed by atoms with E-state index in [2.05, 4.69) is 4.72 Å². The van der Waals surface area contributed by atoms with Crippen LogP contribution in [0.15, 0.2) is 0 Å². The third kappa shape index (κ3) is 3.72. The Morgan fingerprint density at radius 3 is 2.00 bits per heavy atom. The molecule has 2 unspecified atom stereocenters. The zero-order chi connectivity index (χ0) is 15.1. The highest BCUT2D eigenvalue weighted by atomic mass is 32.2. The Balaban J connectivity index is 2.04. The van der Waals surface area contributed by atoms with E-state index in [1.54, 1.807) is 4.31 Å². The molecule has 8 heteroatoms. The lowest BCUT2D eigenvalue weighted by Gasteiger charge is -2.37. The number of sulfonamides is 2. The van der Waals surface area contributed by atoms with Crippen LogP contribution >= 0.6 is 0 Å². The monoisotopic (exact) mass is 324 g/mol. The van der Waals surface area contributed by atoms with E-state index in [1.807, 2.05) is 13.8 Å². The average Bonchev–Trinajstić information content (AvgIpc) is 2.48. The molecular formula is C12H24N2O4S2. The fourth-order valence-electron chi connectivity index (χ4n) is 3.51. The fourth-order valence-corrected chi connectivity index (χ4v) is 6.65. The maximum absolute atomic E-state index is 12.0. The smallest absolute Gasteiger partial charge is 0.212 e. The van der Waals surface area contributed by atoms with Crippen molar-refractivity contribution in [2.75, 3.05) is 12.0 Å². The summed E-state index contributed by atoms with van der Waals surface area (Å²) in [5, 5.41) is 0. The van der Waals surface area contributed by atoms with Crippen LogP contribution < -0.4 is 4.72 Å². The number of nitrogens with one attached hydrogen (secondary N) is 1. The van der Waals surface area contributed by atoms with Gasteiger partial charge in [-0.3, -0.25) is 0 Å². The van der Waals surface area contributed by atoms with Gasteiger partial charge in [0.1, 0.15) is 0 Å². The van der Waals surface area contributed by atoms with E-state index in [0.29, 0.717) is 12.8 Å². The van der Waals surface area contributed by atoms with Gasteiger partial charge in [-0.1, -0.05) is 13.8 Å². The summed E-state index contributed by atoms with van der Waals surface area (Å²) in [7, 11) is -6.46. The van der Waals surface area contributed by atoms with Gasteiger partial charge in [0.05, 0.1) is 12.0 Å². The molecule has 6 nitrogen and oxygen atoms in total. The van der Waals surface area contributed by atoms with Gasteiger partial charge >= 0.3 is 0 Å². The second kappa shape index (κ2) is 5.55. The minimum atomic E-state index is -3.27. The molecule has 1 N–H and O–H groups in total. The van der Waals surface area contributed by atoms with Gasteiger partial charge in [0, 0.05) is 18.1 Å². The SMILES string of the molecule is CC(C)CS(=O)(=O)NC1CC2CCC(C1)N2S(C)(=O)=O. The Bertz CT molecular complexity index is 542. The second-order valence-electron chi connectivity index (χ2n) is 6.44. The maximum atomic E-state index is 12.0. The van der Waals surface area contributed by atoms with Crippen molar-refractivity contribution in [3.8, 4) is 0 Å². The van der Waals surface area contributed by atoms with Gasteiger partial charge < -0.3 is 0 Å². The summed E-state index contributed by atoms with van der Waals surface area (Å²) in [5.41, 5.74) is 0. The molecule has 0 amide bonds. The van der Waals surface area contributed by atoms with Crippen molar-refractivity contribution in [2.45, 2.75) is 57.7 Å². The number of nitrogens with zero attached hydrogens (tertiary/aromatic N) is 1. The van der Waals surface area contributed by atoms with Crippen molar-refractivity contribution in [2.24, 2.45) is 5.92 Å². The number of fused-ring (bicyclic) bond motifs is 2. The number of rotatable bonds is 5. The molecule has 2 heterocycles. The molecule has 0 aromatic carbocycles. The van der Waals surface area contributed by atoms with E-state index < -0.39 is 20.0 Å². The van der Waals surface area contributed by atoms with Gasteiger partial charge in [-0.05, 0) is 31.6 Å². The Labute approximate surface area is 122 Å². The normalized spacial score (nSPS) is 31.9. The minimum Gasteiger partial charge on any atom is -0.212 e. The molecule has 0 aliphatic carbocycles. The number of piperidine rings is 1. The van der Waals surface area contributed by atoms with E-state index in [9.17, 15) is 16.8 Å². The molecule has 2 saturated heterocycles. The van der Waals surface area contributed by atoms with Gasteiger partial charge in [-0.15, -0.1) is 0 Å². The van der Waals surface area contributed by atoms with Gasteiger partial charge in [0.15, 0.2) is 0 Å². The molecule has 118 valence electrons. The molecular weight excluding hydrogens is 300 g/mol. The largest absolute Gasteiger partial charge is 0.212 e. The maximum Gasteiger partial charge on any atom is 0.212 e. The van der Waals surface area contributed by atoms with Crippen LogP contribution in [0, 0.1) is 5.92 Å². The van der Waals surface area contributed by atoms with E-state index in [4.69, 9.17) is 0 Å². The lowest BCUT2D eigenvalue weighted by molar-refractivity contribution is 0.221. The number of hydrogen-bond donors (Lipinski definition) is 1. The van der Waals surface area contributed by atoms with Crippen LogP contribution in [0.5, 0.6) is 0 Å². The summed E-state index contributed by atoms with van der Waals surface area (Å²) in [6, 6.07) is -0.222. The molecule has 2 aliphatic rings. The molecule has 0 saturated carbocycles. The van der Waals surface area contributed by atoms with Crippen LogP contribution in [0.2, 0.25) is 0 Å². The highest BCUT2D eigenvalue weighted by Gasteiger charge is 2.45. The Morgan fingerprint density at radius 1 is 1.10 bits per heavy atom. The van der Waals surface area contributed by atoms with Crippen LogP contribution in [0.3, 0.4) is 0 Å². The molecule has 0 spiro atoms. The number of hydrogen-bond acceptors (Lipinski definition) is 4. The second-order valence-corrected chi connectivity index (χ2v) is 10.1. The summed E-state index contributed by atoms with van der Waals surface area (Å²) in [6.45, 7) is 3.74. The van der Waals surface area contributed by atoms with Crippen LogP contribution in [0.25, 0.3) is 0 Å². The predicted molar refractivity (Wildman–Crippen MR) is 78.3 cm³/mol. The molecule has 2 bridgehead atoms. The standard InChI is InChI=1S/C12H24N2O4S2/c1-9(2)8-20(17,18)13-10-6-11-4-5-12(7-10)14(11)19(3,15)16/h9-13H,4-8H2,1-3H3. The zero-order valence-electron chi connectivity index (χ0n) is 12.2. The Morgan fingerprint density at radius 2 is 1.60 bits per heavy atom. The first kappa shape index (κ1) is 16.2. The molecule has 2 atom stereocenters. The summed E-state index contributed by atoms with van der Waals surface area (Å²) in [5.74, 6) is 0.203. The van der Waals surface area contributed by atoms with Gasteiger partial charge in [-0.25, -0.2) is 21.6 Å². The van der Waals surface area contributed by atoms with Gasteiger partial charge in [0.25, 0.3) is 0 Å². The highest BCUT2D eigenvalue weighted by molar-refractivity contribution is 7.89. The van der Waals surface area contributed by atoms with Crippen molar-refractivity contribution < 1.29 is 16.8 Å². The topological polar surface area (TPSA) is 83.6 Å². The minimum absolute atomic E-state index is 0.0458. The van der Waals surface area contributed by atoms with Crippen molar-refractivity contribution in [1.82, 2.24) is 9.03 Å². The van der Waals surface area contributed by atoms with E-state index >= 15 is 0 Å². The lowest BCUT2D eigenvalue weighted by Crippen LogP contribution is -2.52. The molecule has 2 rings (SSSR count). The van der Waals surface area contributed by atoms with Crippen molar-refractivity contribution in [3.63, 3.8) is 0 Å². The first-order chi connectivity index (χ1) is 9.08. The fraction of sp³-hybridized carbons (Fsp3) is 1.00. The summed E-state index contributed by atoms with van der Waals surface area (Å²) in [6.07, 6.45) is 4.07.